The number of carbonyl (C=O) groups is 1. The minimum atomic E-state index is -0.289. The SMILES string of the molecule is [C-]#[N+]c1ccccc1-c1cc(-c2cccc(NC(=O)C=C)c2)c2nc(N)ncc2c1. The first-order chi connectivity index (χ1) is 14.6. The van der Waals surface area contributed by atoms with Crippen LogP contribution in [0.3, 0.4) is 0 Å². The molecule has 30 heavy (non-hydrogen) atoms. The number of aromatic nitrogens is 2. The Morgan fingerprint density at radius 2 is 1.90 bits per heavy atom. The fourth-order valence-corrected chi connectivity index (χ4v) is 3.31. The number of benzene rings is 3. The Morgan fingerprint density at radius 1 is 1.07 bits per heavy atom. The molecule has 1 aromatic heterocycles. The van der Waals surface area contributed by atoms with Crippen molar-refractivity contribution in [3.63, 3.8) is 0 Å². The second-order valence-corrected chi connectivity index (χ2v) is 6.59. The Balaban J connectivity index is 1.96. The van der Waals surface area contributed by atoms with Gasteiger partial charge in [-0.3, -0.25) is 4.79 Å². The van der Waals surface area contributed by atoms with Gasteiger partial charge in [-0.15, -0.1) is 0 Å². The predicted molar refractivity (Wildman–Crippen MR) is 120 cm³/mol. The first kappa shape index (κ1) is 18.8. The fraction of sp³-hybridized carbons (Fsp3) is 0. The lowest BCUT2D eigenvalue weighted by Crippen LogP contribution is -2.07. The summed E-state index contributed by atoms with van der Waals surface area (Å²) in [6.07, 6.45) is 2.90. The van der Waals surface area contributed by atoms with E-state index in [9.17, 15) is 4.79 Å². The van der Waals surface area contributed by atoms with Crippen molar-refractivity contribution < 1.29 is 4.79 Å². The normalized spacial score (nSPS) is 10.4. The average Bonchev–Trinajstić information content (AvgIpc) is 2.78. The summed E-state index contributed by atoms with van der Waals surface area (Å²) >= 11 is 0. The van der Waals surface area contributed by atoms with Crippen LogP contribution in [0.25, 0.3) is 38.0 Å². The minimum absolute atomic E-state index is 0.175. The molecule has 0 saturated carbocycles. The van der Waals surface area contributed by atoms with Gasteiger partial charge in [0.1, 0.15) is 0 Å². The summed E-state index contributed by atoms with van der Waals surface area (Å²) in [6, 6.07) is 18.8. The smallest absolute Gasteiger partial charge is 0.247 e. The molecule has 4 rings (SSSR count). The van der Waals surface area contributed by atoms with E-state index < -0.39 is 0 Å². The summed E-state index contributed by atoms with van der Waals surface area (Å²) in [6.45, 7) is 11.0. The highest BCUT2D eigenvalue weighted by Gasteiger charge is 2.13. The Morgan fingerprint density at radius 3 is 2.70 bits per heavy atom. The molecule has 0 spiro atoms. The summed E-state index contributed by atoms with van der Waals surface area (Å²) in [5.74, 6) is -0.113. The average molecular weight is 391 g/mol. The third-order valence-corrected chi connectivity index (χ3v) is 4.66. The van der Waals surface area contributed by atoms with Crippen molar-refractivity contribution in [1.29, 1.82) is 0 Å². The van der Waals surface area contributed by atoms with E-state index in [0.29, 0.717) is 16.9 Å². The summed E-state index contributed by atoms with van der Waals surface area (Å²) in [5.41, 5.74) is 11.1. The van der Waals surface area contributed by atoms with E-state index in [4.69, 9.17) is 12.3 Å². The molecule has 3 N–H and O–H groups in total. The van der Waals surface area contributed by atoms with Crippen molar-refractivity contribution in [2.24, 2.45) is 0 Å². The van der Waals surface area contributed by atoms with Crippen LogP contribution in [0.15, 0.2) is 79.5 Å². The van der Waals surface area contributed by atoms with Gasteiger partial charge in [0.25, 0.3) is 0 Å². The van der Waals surface area contributed by atoms with Gasteiger partial charge in [-0.1, -0.05) is 43.0 Å². The zero-order valence-corrected chi connectivity index (χ0v) is 16.0. The number of hydrogen-bond donors (Lipinski definition) is 2. The summed E-state index contributed by atoms with van der Waals surface area (Å²) in [7, 11) is 0. The van der Waals surface area contributed by atoms with E-state index in [2.05, 4.69) is 26.7 Å². The van der Waals surface area contributed by atoms with Crippen LogP contribution in [0.2, 0.25) is 0 Å². The number of rotatable bonds is 4. The predicted octanol–water partition coefficient (Wildman–Crippen LogP) is 5.22. The maximum absolute atomic E-state index is 11.7. The van der Waals surface area contributed by atoms with Gasteiger partial charge in [-0.05, 0) is 47.0 Å². The molecule has 6 heteroatoms. The van der Waals surface area contributed by atoms with Crippen LogP contribution in [-0.2, 0) is 4.79 Å². The van der Waals surface area contributed by atoms with Crippen LogP contribution < -0.4 is 11.1 Å². The number of hydrogen-bond acceptors (Lipinski definition) is 4. The topological polar surface area (TPSA) is 85.3 Å². The number of para-hydroxylation sites is 1. The summed E-state index contributed by atoms with van der Waals surface area (Å²) in [5, 5.41) is 3.57. The number of fused-ring (bicyclic) bond motifs is 1. The molecule has 0 aliphatic carbocycles. The Bertz CT molecular complexity index is 1340. The first-order valence-electron chi connectivity index (χ1n) is 9.16. The van der Waals surface area contributed by atoms with Crippen molar-refractivity contribution in [3.8, 4) is 22.3 Å². The molecule has 4 aromatic rings. The van der Waals surface area contributed by atoms with Gasteiger partial charge >= 0.3 is 0 Å². The molecule has 0 unspecified atom stereocenters. The molecule has 0 aliphatic heterocycles. The second-order valence-electron chi connectivity index (χ2n) is 6.59. The van der Waals surface area contributed by atoms with Crippen molar-refractivity contribution in [1.82, 2.24) is 9.97 Å². The second kappa shape index (κ2) is 7.86. The Labute approximate surface area is 173 Å². The van der Waals surface area contributed by atoms with Gasteiger partial charge in [-0.25, -0.2) is 14.8 Å². The zero-order valence-electron chi connectivity index (χ0n) is 16.0. The molecule has 144 valence electrons. The van der Waals surface area contributed by atoms with Crippen LogP contribution in [0.5, 0.6) is 0 Å². The fourth-order valence-electron chi connectivity index (χ4n) is 3.31. The molecule has 0 saturated heterocycles. The number of nitrogen functional groups attached to an aromatic ring is 1. The molecule has 1 amide bonds. The minimum Gasteiger partial charge on any atom is -0.368 e. The van der Waals surface area contributed by atoms with Crippen molar-refractivity contribution in [3.05, 3.63) is 90.9 Å². The van der Waals surface area contributed by atoms with Crippen LogP contribution >= 0.6 is 0 Å². The number of anilines is 2. The maximum Gasteiger partial charge on any atom is 0.247 e. The first-order valence-corrected chi connectivity index (χ1v) is 9.16. The van der Waals surface area contributed by atoms with Gasteiger partial charge in [0, 0.05) is 22.8 Å². The number of nitrogens with one attached hydrogen (secondary N) is 1. The van der Waals surface area contributed by atoms with Gasteiger partial charge in [0.15, 0.2) is 5.69 Å². The molecule has 0 aliphatic rings. The number of nitrogens with zero attached hydrogens (tertiary/aromatic N) is 3. The van der Waals surface area contributed by atoms with Crippen LogP contribution in [0.4, 0.5) is 17.3 Å². The summed E-state index contributed by atoms with van der Waals surface area (Å²) in [4.78, 5) is 23.9. The lowest BCUT2D eigenvalue weighted by atomic mass is 9.95. The number of amides is 1. The van der Waals surface area contributed by atoms with Crippen LogP contribution in [-0.4, -0.2) is 15.9 Å². The molecule has 3 aromatic carbocycles. The van der Waals surface area contributed by atoms with Crippen LogP contribution in [0.1, 0.15) is 0 Å². The highest BCUT2D eigenvalue weighted by molar-refractivity contribution is 6.01. The lowest BCUT2D eigenvalue weighted by Gasteiger charge is -2.13. The van der Waals surface area contributed by atoms with E-state index in [1.807, 2.05) is 48.5 Å². The van der Waals surface area contributed by atoms with Crippen molar-refractivity contribution in [2.75, 3.05) is 11.1 Å². The standard InChI is InChI=1S/C24H17N5O/c1-3-22(30)28-18-8-6-7-15(12-18)20-13-16(19-9-4-5-10-21(19)26-2)11-17-14-27-24(25)29-23(17)20/h3-14H,1H2,(H,28,30)(H2,25,27,29). The monoisotopic (exact) mass is 391 g/mol. The Kier molecular flexibility index (Phi) is 4.93. The Hall–Kier alpha value is -4.50. The van der Waals surface area contributed by atoms with Gasteiger partial charge in [-0.2, -0.15) is 0 Å². The lowest BCUT2D eigenvalue weighted by molar-refractivity contribution is -0.111. The van der Waals surface area contributed by atoms with E-state index in [0.717, 1.165) is 27.6 Å². The molecule has 0 bridgehead atoms. The van der Waals surface area contributed by atoms with Crippen LogP contribution in [0, 0.1) is 6.57 Å². The molecule has 0 radical (unpaired) electrons. The quantitative estimate of drug-likeness (QED) is 0.369. The molecule has 0 fully saturated rings. The van der Waals surface area contributed by atoms with Gasteiger partial charge in [0.05, 0.1) is 12.1 Å². The third-order valence-electron chi connectivity index (χ3n) is 4.66. The molecule has 1 heterocycles. The molecule has 6 nitrogen and oxygen atoms in total. The van der Waals surface area contributed by atoms with Crippen molar-refractivity contribution >= 4 is 34.1 Å². The number of nitrogens with two attached hydrogens (primary N) is 1. The zero-order chi connectivity index (χ0) is 21.1. The van der Waals surface area contributed by atoms with E-state index in [1.54, 1.807) is 18.3 Å². The van der Waals surface area contributed by atoms with E-state index in [1.165, 1.54) is 6.08 Å². The molecular formula is C24H17N5O. The van der Waals surface area contributed by atoms with E-state index in [-0.39, 0.29) is 11.9 Å². The highest BCUT2D eigenvalue weighted by atomic mass is 16.1. The van der Waals surface area contributed by atoms with Gasteiger partial charge < -0.3 is 11.1 Å². The number of carbonyl (C=O) groups excluding carboxylic acids is 1. The largest absolute Gasteiger partial charge is 0.368 e. The maximum atomic E-state index is 11.7. The molecule has 0 atom stereocenters. The van der Waals surface area contributed by atoms with Crippen molar-refractivity contribution in [2.45, 2.75) is 0 Å². The molecular weight excluding hydrogens is 374 g/mol. The summed E-state index contributed by atoms with van der Waals surface area (Å²) < 4.78 is 0. The highest BCUT2D eigenvalue weighted by Crippen LogP contribution is 2.37. The van der Waals surface area contributed by atoms with E-state index >= 15 is 0 Å². The van der Waals surface area contributed by atoms with Gasteiger partial charge in [0.2, 0.25) is 11.9 Å². The third kappa shape index (κ3) is 3.60.